The van der Waals surface area contributed by atoms with Crippen LogP contribution in [0.25, 0.3) is 0 Å². The molecule has 0 saturated carbocycles. The smallest absolute Gasteiger partial charge is 0.264 e. The molecule has 0 spiro atoms. The summed E-state index contributed by atoms with van der Waals surface area (Å²) in [7, 11) is -1.35. The number of benzene rings is 4. The van der Waals surface area contributed by atoms with Gasteiger partial charge in [0.15, 0.2) is 11.5 Å². The van der Waals surface area contributed by atoms with Gasteiger partial charge in [0, 0.05) is 30.1 Å². The summed E-state index contributed by atoms with van der Waals surface area (Å²) in [6.07, 6.45) is 0.894. The van der Waals surface area contributed by atoms with Crippen molar-refractivity contribution in [1.82, 2.24) is 10.2 Å². The van der Waals surface area contributed by atoms with Crippen molar-refractivity contribution in [3.8, 4) is 11.5 Å². The highest BCUT2D eigenvalue weighted by Crippen LogP contribution is 2.34. The molecule has 0 aliphatic heterocycles. The first-order chi connectivity index (χ1) is 22.6. The van der Waals surface area contributed by atoms with E-state index in [-0.39, 0.29) is 41.2 Å². The second-order valence-corrected chi connectivity index (χ2v) is 13.3. The molecule has 248 valence electrons. The number of halogens is 1. The van der Waals surface area contributed by atoms with Crippen molar-refractivity contribution in [1.29, 1.82) is 0 Å². The third kappa shape index (κ3) is 9.05. The minimum atomic E-state index is -4.27. The van der Waals surface area contributed by atoms with Crippen LogP contribution in [0.2, 0.25) is 5.02 Å². The zero-order valence-electron chi connectivity index (χ0n) is 26.9. The summed E-state index contributed by atoms with van der Waals surface area (Å²) >= 11 is 6.32. The van der Waals surface area contributed by atoms with Crippen LogP contribution in [0.3, 0.4) is 0 Å². The summed E-state index contributed by atoms with van der Waals surface area (Å²) in [5.74, 6) is -0.245. The lowest BCUT2D eigenvalue weighted by molar-refractivity contribution is -0.140. The maximum absolute atomic E-state index is 14.6. The number of hydrogen-bond acceptors (Lipinski definition) is 6. The van der Waals surface area contributed by atoms with E-state index in [1.807, 2.05) is 50.2 Å². The quantitative estimate of drug-likeness (QED) is 0.163. The van der Waals surface area contributed by atoms with Crippen LogP contribution in [0.1, 0.15) is 31.4 Å². The Bertz CT molecular complexity index is 1760. The molecule has 0 heterocycles. The second-order valence-electron chi connectivity index (χ2n) is 11.0. The summed E-state index contributed by atoms with van der Waals surface area (Å²) in [4.78, 5) is 30.0. The number of sulfonamides is 1. The molecule has 2 atom stereocenters. The Labute approximate surface area is 282 Å². The molecule has 11 heteroatoms. The minimum Gasteiger partial charge on any atom is -0.493 e. The van der Waals surface area contributed by atoms with E-state index < -0.39 is 28.5 Å². The number of ether oxygens (including phenoxy) is 2. The molecule has 0 unspecified atom stereocenters. The molecular formula is C36H40ClN3O6S. The average Bonchev–Trinajstić information content (AvgIpc) is 3.08. The fourth-order valence-electron chi connectivity index (χ4n) is 5.06. The third-order valence-corrected chi connectivity index (χ3v) is 9.80. The van der Waals surface area contributed by atoms with Gasteiger partial charge >= 0.3 is 0 Å². The van der Waals surface area contributed by atoms with Crippen LogP contribution in [-0.4, -0.2) is 58.0 Å². The highest BCUT2D eigenvalue weighted by Gasteiger charge is 2.35. The SMILES string of the molecule is CC[C@@H](C)NC(=O)[C@H](Cc1ccccc1)N(Cc1cccc(Cl)c1)C(=O)CN(c1ccc(OC)c(OC)c1)S(=O)(=O)c1ccccc1. The summed E-state index contributed by atoms with van der Waals surface area (Å²) < 4.78 is 40.3. The van der Waals surface area contributed by atoms with E-state index in [1.54, 1.807) is 48.5 Å². The van der Waals surface area contributed by atoms with Crippen molar-refractivity contribution in [2.75, 3.05) is 25.1 Å². The lowest BCUT2D eigenvalue weighted by Crippen LogP contribution is -2.54. The molecule has 0 fully saturated rings. The van der Waals surface area contributed by atoms with Crippen molar-refractivity contribution in [2.24, 2.45) is 0 Å². The lowest BCUT2D eigenvalue weighted by Gasteiger charge is -2.34. The molecule has 4 aromatic carbocycles. The molecule has 0 aliphatic carbocycles. The van der Waals surface area contributed by atoms with E-state index in [2.05, 4.69) is 5.32 Å². The molecule has 0 aliphatic rings. The Balaban J connectivity index is 1.84. The molecule has 1 N–H and O–H groups in total. The number of anilines is 1. The summed E-state index contributed by atoms with van der Waals surface area (Å²) in [5.41, 5.74) is 1.71. The van der Waals surface area contributed by atoms with Crippen molar-refractivity contribution in [2.45, 2.75) is 50.2 Å². The molecular weight excluding hydrogens is 638 g/mol. The van der Waals surface area contributed by atoms with Crippen LogP contribution in [-0.2, 0) is 32.6 Å². The largest absolute Gasteiger partial charge is 0.493 e. The van der Waals surface area contributed by atoms with Gasteiger partial charge in [0.05, 0.1) is 24.8 Å². The van der Waals surface area contributed by atoms with Crippen LogP contribution in [0, 0.1) is 0 Å². The number of nitrogens with zero attached hydrogens (tertiary/aromatic N) is 2. The van der Waals surface area contributed by atoms with Gasteiger partial charge in [-0.2, -0.15) is 0 Å². The van der Waals surface area contributed by atoms with Gasteiger partial charge in [0.25, 0.3) is 10.0 Å². The van der Waals surface area contributed by atoms with Crippen molar-refractivity contribution in [3.63, 3.8) is 0 Å². The number of nitrogens with one attached hydrogen (secondary N) is 1. The number of rotatable bonds is 15. The predicted molar refractivity (Wildman–Crippen MR) is 184 cm³/mol. The van der Waals surface area contributed by atoms with Crippen LogP contribution in [0.5, 0.6) is 11.5 Å². The number of carbonyl (C=O) groups excluding carboxylic acids is 2. The zero-order valence-corrected chi connectivity index (χ0v) is 28.5. The van der Waals surface area contributed by atoms with Crippen LogP contribution in [0.15, 0.2) is 108 Å². The Kier molecular flexibility index (Phi) is 12.3. The van der Waals surface area contributed by atoms with Crippen LogP contribution < -0.4 is 19.1 Å². The van der Waals surface area contributed by atoms with E-state index >= 15 is 0 Å². The molecule has 47 heavy (non-hydrogen) atoms. The first-order valence-electron chi connectivity index (χ1n) is 15.2. The summed E-state index contributed by atoms with van der Waals surface area (Å²) in [5, 5.41) is 3.50. The number of hydrogen-bond donors (Lipinski definition) is 1. The Morgan fingerprint density at radius 1 is 0.830 bits per heavy atom. The molecule has 0 radical (unpaired) electrons. The molecule has 4 rings (SSSR count). The summed E-state index contributed by atoms with van der Waals surface area (Å²) in [6.45, 7) is 3.26. The van der Waals surface area contributed by atoms with Gasteiger partial charge < -0.3 is 19.7 Å². The van der Waals surface area contributed by atoms with Gasteiger partial charge in [0.2, 0.25) is 11.8 Å². The number of methoxy groups -OCH3 is 2. The fraction of sp³-hybridized carbons (Fsp3) is 0.278. The van der Waals surface area contributed by atoms with E-state index in [0.717, 1.165) is 9.87 Å². The molecule has 0 bridgehead atoms. The minimum absolute atomic E-state index is 0.000625. The van der Waals surface area contributed by atoms with Crippen molar-refractivity contribution < 1.29 is 27.5 Å². The zero-order chi connectivity index (χ0) is 34.0. The van der Waals surface area contributed by atoms with Gasteiger partial charge in [-0.05, 0) is 60.9 Å². The van der Waals surface area contributed by atoms with E-state index in [0.29, 0.717) is 22.8 Å². The highest BCUT2D eigenvalue weighted by molar-refractivity contribution is 7.92. The predicted octanol–water partition coefficient (Wildman–Crippen LogP) is 6.11. The molecule has 9 nitrogen and oxygen atoms in total. The third-order valence-electron chi connectivity index (χ3n) is 7.78. The van der Waals surface area contributed by atoms with E-state index in [4.69, 9.17) is 21.1 Å². The number of amides is 2. The monoisotopic (exact) mass is 677 g/mol. The van der Waals surface area contributed by atoms with Crippen molar-refractivity contribution >= 4 is 39.1 Å². The normalized spacial score (nSPS) is 12.4. The molecule has 2 amide bonds. The summed E-state index contributed by atoms with van der Waals surface area (Å²) in [6, 6.07) is 27.8. The first kappa shape index (κ1) is 35.3. The molecule has 0 aromatic heterocycles. The average molecular weight is 678 g/mol. The standard InChI is InChI=1S/C36H40ClN3O6S/c1-5-26(2)38-36(42)32(22-27-13-8-6-9-14-27)39(24-28-15-12-16-29(37)21-28)35(41)25-40(47(43,44)31-17-10-7-11-18-31)30-19-20-33(45-3)34(23-30)46-4/h6-21,23,26,32H,5,22,24-25H2,1-4H3,(H,38,42)/t26-,32+/m1/s1. The van der Waals surface area contributed by atoms with E-state index in [1.165, 1.54) is 37.3 Å². The maximum Gasteiger partial charge on any atom is 0.264 e. The highest BCUT2D eigenvalue weighted by atomic mass is 35.5. The Morgan fingerprint density at radius 2 is 1.47 bits per heavy atom. The molecule has 0 saturated heterocycles. The van der Waals surface area contributed by atoms with Gasteiger partial charge in [-0.1, -0.05) is 79.2 Å². The lowest BCUT2D eigenvalue weighted by atomic mass is 10.0. The van der Waals surface area contributed by atoms with Gasteiger partial charge in [0.1, 0.15) is 12.6 Å². The van der Waals surface area contributed by atoms with Gasteiger partial charge in [-0.25, -0.2) is 8.42 Å². The van der Waals surface area contributed by atoms with E-state index in [9.17, 15) is 18.0 Å². The first-order valence-corrected chi connectivity index (χ1v) is 17.1. The van der Waals surface area contributed by atoms with Crippen LogP contribution >= 0.6 is 11.6 Å². The topological polar surface area (TPSA) is 105 Å². The second kappa shape index (κ2) is 16.3. The Hall–Kier alpha value is -4.54. The fourth-order valence-corrected chi connectivity index (χ4v) is 6.70. The number of carbonyl (C=O) groups is 2. The Morgan fingerprint density at radius 3 is 2.09 bits per heavy atom. The maximum atomic E-state index is 14.6. The van der Waals surface area contributed by atoms with Gasteiger partial charge in [-0.3, -0.25) is 13.9 Å². The van der Waals surface area contributed by atoms with Crippen LogP contribution in [0.4, 0.5) is 5.69 Å². The molecule has 4 aromatic rings. The van der Waals surface area contributed by atoms with Gasteiger partial charge in [-0.15, -0.1) is 0 Å². The van der Waals surface area contributed by atoms with Crippen molar-refractivity contribution in [3.05, 3.63) is 119 Å².